The fraction of sp³-hybridized carbons (Fsp3) is 1.00. The lowest BCUT2D eigenvalue weighted by Crippen LogP contribution is -2.61. The molecule has 0 aromatic carbocycles. The minimum absolute atomic E-state index is 0.137. The molecule has 3 fully saturated rings. The van der Waals surface area contributed by atoms with Crippen LogP contribution in [-0.4, -0.2) is 48.8 Å². The monoisotopic (exact) mass is 259 g/mol. The molecule has 3 heterocycles. The molecule has 6 nitrogen and oxygen atoms in total. The molecule has 104 valence electrons. The van der Waals surface area contributed by atoms with Crippen molar-refractivity contribution in [1.82, 2.24) is 0 Å². The summed E-state index contributed by atoms with van der Waals surface area (Å²) in [4.78, 5) is 0. The van der Waals surface area contributed by atoms with Crippen molar-refractivity contribution in [2.24, 2.45) is 5.73 Å². The highest BCUT2D eigenvalue weighted by molar-refractivity contribution is 5.03. The Morgan fingerprint density at radius 2 is 1.78 bits per heavy atom. The average Bonchev–Trinajstić information content (AvgIpc) is 2.70. The lowest BCUT2D eigenvalue weighted by Gasteiger charge is -2.39. The van der Waals surface area contributed by atoms with Crippen LogP contribution in [0.25, 0.3) is 0 Å². The Kier molecular flexibility index (Phi) is 2.59. The van der Waals surface area contributed by atoms with Crippen molar-refractivity contribution < 1.29 is 23.7 Å². The van der Waals surface area contributed by atoms with E-state index in [0.717, 1.165) is 0 Å². The van der Waals surface area contributed by atoms with Crippen LogP contribution in [0.15, 0.2) is 0 Å². The van der Waals surface area contributed by atoms with E-state index < -0.39 is 17.4 Å². The Labute approximate surface area is 107 Å². The zero-order chi connectivity index (χ0) is 13.2. The molecule has 0 aromatic heterocycles. The number of nitrogens with two attached hydrogens (primary N) is 1. The van der Waals surface area contributed by atoms with Gasteiger partial charge in [-0.25, -0.2) is 0 Å². The van der Waals surface area contributed by atoms with Crippen LogP contribution >= 0.6 is 0 Å². The molecule has 3 rings (SSSR count). The van der Waals surface area contributed by atoms with Crippen molar-refractivity contribution in [1.29, 1.82) is 0 Å². The summed E-state index contributed by atoms with van der Waals surface area (Å²) >= 11 is 0. The highest BCUT2D eigenvalue weighted by atomic mass is 16.9. The zero-order valence-corrected chi connectivity index (χ0v) is 11.3. The molecule has 6 heteroatoms. The third kappa shape index (κ3) is 1.79. The van der Waals surface area contributed by atoms with Gasteiger partial charge in [0.25, 0.3) is 0 Å². The third-order valence-electron chi connectivity index (χ3n) is 3.56. The Bertz CT molecular complexity index is 358. The first kappa shape index (κ1) is 12.8. The van der Waals surface area contributed by atoms with Gasteiger partial charge >= 0.3 is 0 Å². The maximum atomic E-state index is 5.92. The predicted octanol–water partition coefficient (Wildman–Crippen LogP) is 0.343. The molecule has 0 bridgehead atoms. The van der Waals surface area contributed by atoms with Crippen LogP contribution in [0, 0.1) is 0 Å². The van der Waals surface area contributed by atoms with E-state index in [0.29, 0.717) is 6.61 Å². The summed E-state index contributed by atoms with van der Waals surface area (Å²) in [6.07, 6.45) is -0.709. The Balaban J connectivity index is 1.90. The van der Waals surface area contributed by atoms with E-state index in [1.54, 1.807) is 0 Å². The van der Waals surface area contributed by atoms with Crippen LogP contribution in [-0.2, 0) is 23.7 Å². The normalized spacial score (nSPS) is 48.8. The van der Waals surface area contributed by atoms with Crippen LogP contribution in [0.1, 0.15) is 27.7 Å². The standard InChI is InChI=1S/C12H21NO5/c1-10(2)15-7-5-14-12(6-13)9(8(7)16-10)17-11(3,4)18-12/h7-9H,5-6,13H2,1-4H3/t7-,8-,9-,12+/m1/s1. The van der Waals surface area contributed by atoms with Crippen LogP contribution < -0.4 is 5.73 Å². The second-order valence-electron chi connectivity index (χ2n) is 6.01. The molecule has 0 amide bonds. The van der Waals surface area contributed by atoms with Gasteiger partial charge in [-0.3, -0.25) is 0 Å². The SMILES string of the molecule is CC1(C)O[C@H]2[C@H]3OC(C)(C)O[C@]3(CN)OC[C@H]2O1. The van der Waals surface area contributed by atoms with Gasteiger partial charge in [0.1, 0.15) is 18.3 Å². The number of rotatable bonds is 1. The Morgan fingerprint density at radius 1 is 1.06 bits per heavy atom. The summed E-state index contributed by atoms with van der Waals surface area (Å²) < 4.78 is 29.3. The fourth-order valence-electron chi connectivity index (χ4n) is 3.01. The van der Waals surface area contributed by atoms with Gasteiger partial charge in [0.2, 0.25) is 5.79 Å². The molecule has 18 heavy (non-hydrogen) atoms. The maximum absolute atomic E-state index is 5.92. The summed E-state index contributed by atoms with van der Waals surface area (Å²) in [5, 5.41) is 0. The van der Waals surface area contributed by atoms with Gasteiger partial charge in [0, 0.05) is 0 Å². The molecular weight excluding hydrogens is 238 g/mol. The van der Waals surface area contributed by atoms with Crippen molar-refractivity contribution in [3.8, 4) is 0 Å². The summed E-state index contributed by atoms with van der Waals surface area (Å²) in [5.41, 5.74) is 5.82. The third-order valence-corrected chi connectivity index (χ3v) is 3.56. The van der Waals surface area contributed by atoms with Crippen molar-refractivity contribution >= 4 is 0 Å². The number of ether oxygens (including phenoxy) is 5. The van der Waals surface area contributed by atoms with Crippen molar-refractivity contribution in [2.75, 3.05) is 13.2 Å². The second-order valence-corrected chi connectivity index (χ2v) is 6.01. The second kappa shape index (κ2) is 3.65. The summed E-state index contributed by atoms with van der Waals surface area (Å²) in [6, 6.07) is 0. The Morgan fingerprint density at radius 3 is 2.44 bits per heavy atom. The summed E-state index contributed by atoms with van der Waals surface area (Å²) in [7, 11) is 0. The quantitative estimate of drug-likeness (QED) is 0.732. The van der Waals surface area contributed by atoms with Gasteiger partial charge in [-0.05, 0) is 27.7 Å². The number of fused-ring (bicyclic) bond motifs is 3. The number of hydrogen-bond donors (Lipinski definition) is 1. The van der Waals surface area contributed by atoms with Crippen LogP contribution in [0.4, 0.5) is 0 Å². The maximum Gasteiger partial charge on any atom is 0.213 e. The molecule has 0 aromatic rings. The highest BCUT2D eigenvalue weighted by Crippen LogP contribution is 2.46. The molecule has 0 radical (unpaired) electrons. The fourth-order valence-corrected chi connectivity index (χ4v) is 3.01. The van der Waals surface area contributed by atoms with Crippen molar-refractivity contribution in [3.63, 3.8) is 0 Å². The van der Waals surface area contributed by atoms with E-state index in [1.807, 2.05) is 27.7 Å². The van der Waals surface area contributed by atoms with Crippen molar-refractivity contribution in [2.45, 2.75) is 63.4 Å². The van der Waals surface area contributed by atoms with Crippen LogP contribution in [0.3, 0.4) is 0 Å². The van der Waals surface area contributed by atoms with Gasteiger partial charge in [-0.1, -0.05) is 0 Å². The highest BCUT2D eigenvalue weighted by Gasteiger charge is 2.64. The molecule has 3 aliphatic rings. The molecule has 0 saturated carbocycles. The lowest BCUT2D eigenvalue weighted by molar-refractivity contribution is -0.274. The van der Waals surface area contributed by atoms with E-state index in [4.69, 9.17) is 29.4 Å². The molecule has 3 saturated heterocycles. The van der Waals surface area contributed by atoms with E-state index in [-0.39, 0.29) is 24.9 Å². The molecule has 3 aliphatic heterocycles. The first-order valence-corrected chi connectivity index (χ1v) is 6.35. The van der Waals surface area contributed by atoms with Gasteiger partial charge in [0.05, 0.1) is 13.2 Å². The van der Waals surface area contributed by atoms with Gasteiger partial charge < -0.3 is 29.4 Å². The molecule has 0 aliphatic carbocycles. The molecule has 0 unspecified atom stereocenters. The largest absolute Gasteiger partial charge is 0.343 e. The lowest BCUT2D eigenvalue weighted by atomic mass is 9.97. The van der Waals surface area contributed by atoms with Gasteiger partial charge in [0.15, 0.2) is 11.6 Å². The molecule has 0 spiro atoms. The minimum atomic E-state index is -0.922. The van der Waals surface area contributed by atoms with E-state index in [9.17, 15) is 0 Å². The topological polar surface area (TPSA) is 72.2 Å². The van der Waals surface area contributed by atoms with E-state index in [2.05, 4.69) is 0 Å². The molecule has 2 N–H and O–H groups in total. The first-order chi connectivity index (χ1) is 8.27. The smallest absolute Gasteiger partial charge is 0.213 e. The van der Waals surface area contributed by atoms with Crippen molar-refractivity contribution in [3.05, 3.63) is 0 Å². The van der Waals surface area contributed by atoms with E-state index >= 15 is 0 Å². The molecular formula is C12H21NO5. The van der Waals surface area contributed by atoms with Crippen LogP contribution in [0.2, 0.25) is 0 Å². The van der Waals surface area contributed by atoms with Gasteiger partial charge in [-0.15, -0.1) is 0 Å². The number of hydrogen-bond acceptors (Lipinski definition) is 6. The first-order valence-electron chi connectivity index (χ1n) is 6.35. The Hall–Kier alpha value is -0.240. The summed E-state index contributed by atoms with van der Waals surface area (Å²) in [5.74, 6) is -2.27. The average molecular weight is 259 g/mol. The predicted molar refractivity (Wildman–Crippen MR) is 61.6 cm³/mol. The van der Waals surface area contributed by atoms with Crippen LogP contribution in [0.5, 0.6) is 0 Å². The minimum Gasteiger partial charge on any atom is -0.343 e. The van der Waals surface area contributed by atoms with Gasteiger partial charge in [-0.2, -0.15) is 0 Å². The van der Waals surface area contributed by atoms with E-state index in [1.165, 1.54) is 0 Å². The molecule has 4 atom stereocenters. The zero-order valence-electron chi connectivity index (χ0n) is 11.3. The summed E-state index contributed by atoms with van der Waals surface area (Å²) in [6.45, 7) is 8.10.